The molecule has 0 amide bonds. The van der Waals surface area contributed by atoms with Crippen LogP contribution >= 0.6 is 0 Å². The molecule has 2 aliphatic carbocycles. The Bertz CT molecular complexity index is 1670. The van der Waals surface area contributed by atoms with Gasteiger partial charge < -0.3 is 5.32 Å². The van der Waals surface area contributed by atoms with Crippen LogP contribution in [0, 0.1) is 0 Å². The quantitative estimate of drug-likeness (QED) is 0.254. The molecule has 0 atom stereocenters. The lowest BCUT2D eigenvalue weighted by atomic mass is 9.66. The summed E-state index contributed by atoms with van der Waals surface area (Å²) in [7, 11) is 0. The summed E-state index contributed by atoms with van der Waals surface area (Å²) in [6.07, 6.45) is 10.2. The topological polar surface area (TPSA) is 12.0 Å². The monoisotopic (exact) mass is 499 g/mol. The van der Waals surface area contributed by atoms with Gasteiger partial charge in [0, 0.05) is 11.4 Å². The molecule has 186 valence electrons. The maximum absolute atomic E-state index is 3.50. The summed E-state index contributed by atoms with van der Waals surface area (Å²) in [6.45, 7) is 0. The summed E-state index contributed by atoms with van der Waals surface area (Å²) in [6, 6.07) is 48.1. The maximum Gasteiger partial charge on any atom is 0.0713 e. The fourth-order valence-corrected chi connectivity index (χ4v) is 6.20. The van der Waals surface area contributed by atoms with Crippen LogP contribution in [0.3, 0.4) is 0 Å². The second-order valence-electron chi connectivity index (χ2n) is 10.2. The van der Waals surface area contributed by atoms with E-state index in [1.807, 2.05) is 18.2 Å². The molecule has 1 nitrogen and oxygen atoms in total. The number of benzene rings is 5. The van der Waals surface area contributed by atoms with Crippen LogP contribution in [0.2, 0.25) is 0 Å². The molecule has 7 rings (SSSR count). The molecule has 0 aliphatic heterocycles. The van der Waals surface area contributed by atoms with Crippen molar-refractivity contribution in [3.63, 3.8) is 0 Å². The fraction of sp³-hybridized carbons (Fsp3) is 0.0526. The van der Waals surface area contributed by atoms with E-state index in [0.29, 0.717) is 0 Å². The number of hydrogen-bond donors (Lipinski definition) is 1. The third-order valence-corrected chi connectivity index (χ3v) is 7.94. The first-order valence-corrected chi connectivity index (χ1v) is 13.6. The highest BCUT2D eigenvalue weighted by Gasteiger charge is 2.46. The van der Waals surface area contributed by atoms with Crippen LogP contribution < -0.4 is 5.32 Å². The summed E-state index contributed by atoms with van der Waals surface area (Å²) in [4.78, 5) is 0. The van der Waals surface area contributed by atoms with Crippen LogP contribution in [0.1, 0.15) is 28.7 Å². The predicted octanol–water partition coefficient (Wildman–Crippen LogP) is 9.71. The molecular formula is C38H29N. The first-order chi connectivity index (χ1) is 19.3. The summed E-state index contributed by atoms with van der Waals surface area (Å²) >= 11 is 0. The van der Waals surface area contributed by atoms with Gasteiger partial charge in [-0.3, -0.25) is 0 Å². The molecule has 5 aromatic carbocycles. The lowest BCUT2D eigenvalue weighted by Gasteiger charge is -2.35. The van der Waals surface area contributed by atoms with Gasteiger partial charge in [0.2, 0.25) is 0 Å². The molecule has 0 unspecified atom stereocenters. The number of para-hydroxylation sites is 1. The maximum atomic E-state index is 3.50. The van der Waals surface area contributed by atoms with Crippen molar-refractivity contribution in [3.8, 4) is 11.1 Å². The van der Waals surface area contributed by atoms with Gasteiger partial charge >= 0.3 is 0 Å². The average molecular weight is 500 g/mol. The highest BCUT2D eigenvalue weighted by molar-refractivity contribution is 5.93. The number of anilines is 2. The van der Waals surface area contributed by atoms with Crippen molar-refractivity contribution in [2.45, 2.75) is 11.8 Å². The Morgan fingerprint density at radius 3 is 1.74 bits per heavy atom. The Balaban J connectivity index is 1.40. The minimum absolute atomic E-state index is 0.386. The molecule has 0 saturated carbocycles. The van der Waals surface area contributed by atoms with Crippen LogP contribution in [0.4, 0.5) is 11.4 Å². The molecule has 2 aliphatic rings. The van der Waals surface area contributed by atoms with E-state index in [4.69, 9.17) is 0 Å². The van der Waals surface area contributed by atoms with E-state index in [-0.39, 0.29) is 5.41 Å². The second kappa shape index (κ2) is 9.78. The Hall–Kier alpha value is -4.88. The van der Waals surface area contributed by atoms with Crippen LogP contribution in [0.15, 0.2) is 163 Å². The van der Waals surface area contributed by atoms with Crippen LogP contribution in [0.25, 0.3) is 16.7 Å². The van der Waals surface area contributed by atoms with Crippen molar-refractivity contribution >= 4 is 16.9 Å². The van der Waals surface area contributed by atoms with Crippen molar-refractivity contribution in [2.24, 2.45) is 0 Å². The molecule has 1 N–H and O–H groups in total. The van der Waals surface area contributed by atoms with Crippen LogP contribution in [-0.2, 0) is 5.41 Å². The lowest BCUT2D eigenvalue weighted by molar-refractivity contribution is 0.761. The lowest BCUT2D eigenvalue weighted by Crippen LogP contribution is -2.29. The molecule has 0 spiro atoms. The molecule has 0 heterocycles. The van der Waals surface area contributed by atoms with E-state index < -0.39 is 0 Å². The van der Waals surface area contributed by atoms with E-state index in [1.54, 1.807) is 0 Å². The third-order valence-electron chi connectivity index (χ3n) is 7.94. The van der Waals surface area contributed by atoms with Gasteiger partial charge in [-0.25, -0.2) is 0 Å². The molecule has 1 heteroatoms. The van der Waals surface area contributed by atoms with Crippen molar-refractivity contribution in [1.29, 1.82) is 0 Å². The van der Waals surface area contributed by atoms with E-state index in [9.17, 15) is 0 Å². The van der Waals surface area contributed by atoms with Crippen molar-refractivity contribution in [1.82, 2.24) is 0 Å². The normalized spacial score (nSPS) is 15.0. The fourth-order valence-electron chi connectivity index (χ4n) is 6.20. The van der Waals surface area contributed by atoms with Gasteiger partial charge in [0.15, 0.2) is 0 Å². The molecule has 0 saturated heterocycles. The van der Waals surface area contributed by atoms with Gasteiger partial charge in [-0.15, -0.1) is 0 Å². The third kappa shape index (κ3) is 3.95. The smallest absolute Gasteiger partial charge is 0.0713 e. The summed E-state index contributed by atoms with van der Waals surface area (Å²) in [5.74, 6) is 0. The zero-order valence-electron chi connectivity index (χ0n) is 21.7. The molecule has 0 bridgehead atoms. The Morgan fingerprint density at radius 1 is 0.513 bits per heavy atom. The molecule has 5 aromatic rings. The number of hydrogen-bond acceptors (Lipinski definition) is 1. The van der Waals surface area contributed by atoms with Crippen molar-refractivity contribution in [3.05, 3.63) is 186 Å². The van der Waals surface area contributed by atoms with E-state index in [1.165, 1.54) is 44.5 Å². The number of rotatable bonds is 5. The number of allylic oxidation sites excluding steroid dienone is 6. The summed E-state index contributed by atoms with van der Waals surface area (Å²) < 4.78 is 0. The molecule has 0 radical (unpaired) electrons. The Morgan fingerprint density at radius 2 is 1.08 bits per heavy atom. The predicted molar refractivity (Wildman–Crippen MR) is 164 cm³/mol. The zero-order chi connectivity index (χ0) is 26.1. The van der Waals surface area contributed by atoms with Gasteiger partial charge in [-0.05, 0) is 81.3 Å². The van der Waals surface area contributed by atoms with E-state index >= 15 is 0 Å². The molecule has 0 fully saturated rings. The van der Waals surface area contributed by atoms with E-state index in [2.05, 4.69) is 145 Å². The zero-order valence-corrected chi connectivity index (χ0v) is 21.7. The average Bonchev–Trinajstić information content (AvgIpc) is 3.11. The van der Waals surface area contributed by atoms with E-state index in [0.717, 1.165) is 17.8 Å². The molecule has 39 heavy (non-hydrogen) atoms. The minimum atomic E-state index is -0.386. The minimum Gasteiger partial charge on any atom is -0.356 e. The summed E-state index contributed by atoms with van der Waals surface area (Å²) in [5.41, 5.74) is 12.1. The van der Waals surface area contributed by atoms with Gasteiger partial charge in [0.1, 0.15) is 0 Å². The second-order valence-corrected chi connectivity index (χ2v) is 10.2. The highest BCUT2D eigenvalue weighted by atomic mass is 14.9. The van der Waals surface area contributed by atoms with Gasteiger partial charge in [-0.2, -0.15) is 0 Å². The summed E-state index contributed by atoms with van der Waals surface area (Å²) in [5, 5.41) is 3.50. The van der Waals surface area contributed by atoms with Crippen LogP contribution in [0.5, 0.6) is 0 Å². The van der Waals surface area contributed by atoms with Crippen molar-refractivity contribution < 1.29 is 0 Å². The Kier molecular flexibility index (Phi) is 5.83. The Labute approximate surface area is 230 Å². The standard InChI is InChI=1S/C38H29N/c1-5-13-30(14-6-1)38(31-15-7-2-8-16-31)36-20-12-4-11-19-34(36)35-26-23-29(27-37(35)38)28-21-24-33(25-22-28)39-32-17-9-3-10-18-32/h1-3,5-27,39H,4H2. The number of fused-ring (bicyclic) bond motifs is 2. The molecule has 0 aromatic heterocycles. The molecular weight excluding hydrogens is 470 g/mol. The number of nitrogens with one attached hydrogen (secondary N) is 1. The van der Waals surface area contributed by atoms with Crippen molar-refractivity contribution in [2.75, 3.05) is 5.32 Å². The first-order valence-electron chi connectivity index (χ1n) is 13.6. The SMILES string of the molecule is C1=CC2=C(C=CC1)C(c1ccccc1)(c1ccccc1)c1cc(-c3ccc(Nc4ccccc4)cc3)ccc12. The van der Waals surface area contributed by atoms with Gasteiger partial charge in [-0.1, -0.05) is 127 Å². The van der Waals surface area contributed by atoms with Gasteiger partial charge in [0.25, 0.3) is 0 Å². The van der Waals surface area contributed by atoms with Gasteiger partial charge in [0.05, 0.1) is 5.41 Å². The largest absolute Gasteiger partial charge is 0.356 e. The van der Waals surface area contributed by atoms with Crippen LogP contribution in [-0.4, -0.2) is 0 Å². The first kappa shape index (κ1) is 23.3. The highest BCUT2D eigenvalue weighted by Crippen LogP contribution is 2.56.